The largest absolute Gasteiger partial charge is 0.381 e. The average molecular weight is 471 g/mol. The highest BCUT2D eigenvalue weighted by atomic mass is 16.5. The molecule has 0 spiro atoms. The summed E-state index contributed by atoms with van der Waals surface area (Å²) in [6.07, 6.45) is 7.14. The molecule has 184 valence electrons. The van der Waals surface area contributed by atoms with Gasteiger partial charge in [-0.15, -0.1) is 0 Å². The van der Waals surface area contributed by atoms with Gasteiger partial charge in [-0.2, -0.15) is 0 Å². The van der Waals surface area contributed by atoms with Gasteiger partial charge in [0.25, 0.3) is 0 Å². The predicted octanol–water partition coefficient (Wildman–Crippen LogP) is 0.295. The molecule has 10 heteroatoms. The molecule has 1 N–H and O–H groups in total. The van der Waals surface area contributed by atoms with Gasteiger partial charge in [0, 0.05) is 76.2 Å². The molecule has 1 aromatic heterocycles. The number of rotatable bonds is 3. The molecule has 1 saturated carbocycles. The number of hydrogen-bond donors (Lipinski definition) is 1. The zero-order valence-corrected chi connectivity index (χ0v) is 19.6. The van der Waals surface area contributed by atoms with Crippen molar-refractivity contribution in [2.45, 2.75) is 38.1 Å². The number of nitrogens with zero attached hydrogens (tertiary/aromatic N) is 5. The number of fused-ring (bicyclic) bond motifs is 1. The molecule has 5 rings (SSSR count). The second-order valence-corrected chi connectivity index (χ2v) is 9.92. The van der Waals surface area contributed by atoms with Crippen LogP contribution in [0.15, 0.2) is 18.5 Å². The van der Waals surface area contributed by atoms with E-state index in [1.165, 1.54) is 0 Å². The van der Waals surface area contributed by atoms with Crippen LogP contribution in [0.1, 0.15) is 32.1 Å². The molecule has 4 aliphatic rings. The van der Waals surface area contributed by atoms with Crippen molar-refractivity contribution in [3.05, 3.63) is 18.5 Å². The summed E-state index contributed by atoms with van der Waals surface area (Å²) in [6.45, 7) is 4.75. The van der Waals surface area contributed by atoms with Gasteiger partial charge in [-0.05, 0) is 44.1 Å². The molecule has 1 aliphatic carbocycles. The molecule has 1 aromatic rings. The third kappa shape index (κ3) is 5.01. The highest BCUT2D eigenvalue weighted by molar-refractivity contribution is 5.87. The Balaban J connectivity index is 1.20. The molecule has 0 radical (unpaired) electrons. The van der Waals surface area contributed by atoms with Crippen LogP contribution in [0.3, 0.4) is 0 Å². The second kappa shape index (κ2) is 10.2. The summed E-state index contributed by atoms with van der Waals surface area (Å²) in [5.41, 5.74) is 0. The summed E-state index contributed by atoms with van der Waals surface area (Å²) >= 11 is 0. The van der Waals surface area contributed by atoms with Crippen molar-refractivity contribution in [1.29, 1.82) is 0 Å². The van der Waals surface area contributed by atoms with Crippen molar-refractivity contribution >= 4 is 23.7 Å². The average Bonchev–Trinajstić information content (AvgIpc) is 3.02. The molecule has 0 aromatic carbocycles. The van der Waals surface area contributed by atoms with E-state index in [9.17, 15) is 14.4 Å². The molecule has 0 bridgehead atoms. The molecule has 3 saturated heterocycles. The fourth-order valence-electron chi connectivity index (χ4n) is 5.90. The third-order valence-electron chi connectivity index (χ3n) is 7.70. The number of anilines is 1. The first kappa shape index (κ1) is 23.0. The normalized spacial score (nSPS) is 28.6. The van der Waals surface area contributed by atoms with Crippen LogP contribution in [0.25, 0.3) is 0 Å². The van der Waals surface area contributed by atoms with Gasteiger partial charge < -0.3 is 24.8 Å². The summed E-state index contributed by atoms with van der Waals surface area (Å²) in [5, 5.41) is 3.10. The fraction of sp³-hybridized carbons (Fsp3) is 0.708. The first-order valence-electron chi connectivity index (χ1n) is 12.5. The maximum atomic E-state index is 13.4. The molecule has 3 amide bonds. The summed E-state index contributed by atoms with van der Waals surface area (Å²) in [4.78, 5) is 53.6. The number of aromatic nitrogens is 2. The number of nitrogens with one attached hydrogen (secondary N) is 1. The maximum Gasteiger partial charge on any atom is 0.239 e. The Bertz CT molecular complexity index is 893. The van der Waals surface area contributed by atoms with Crippen LogP contribution < -0.4 is 10.2 Å². The van der Waals surface area contributed by atoms with Gasteiger partial charge >= 0.3 is 0 Å². The first-order valence-corrected chi connectivity index (χ1v) is 12.5. The van der Waals surface area contributed by atoms with E-state index in [2.05, 4.69) is 20.2 Å². The van der Waals surface area contributed by atoms with Crippen molar-refractivity contribution in [3.63, 3.8) is 0 Å². The fourth-order valence-corrected chi connectivity index (χ4v) is 5.90. The quantitative estimate of drug-likeness (QED) is 0.677. The van der Waals surface area contributed by atoms with Gasteiger partial charge in [0.05, 0.1) is 6.54 Å². The molecule has 34 heavy (non-hydrogen) atoms. The van der Waals surface area contributed by atoms with E-state index >= 15 is 0 Å². The topological polar surface area (TPSA) is 108 Å². The van der Waals surface area contributed by atoms with Crippen LogP contribution in [0, 0.1) is 17.8 Å². The van der Waals surface area contributed by atoms with Gasteiger partial charge in [0.15, 0.2) is 0 Å². The van der Waals surface area contributed by atoms with E-state index in [0.717, 1.165) is 13.0 Å². The minimum absolute atomic E-state index is 0.0462. The van der Waals surface area contributed by atoms with Gasteiger partial charge in [-0.3, -0.25) is 14.4 Å². The van der Waals surface area contributed by atoms with Crippen molar-refractivity contribution in [1.82, 2.24) is 25.1 Å². The highest BCUT2D eigenvalue weighted by Gasteiger charge is 2.44. The number of hydrogen-bond acceptors (Lipinski definition) is 7. The number of carbonyl (C=O) groups excluding carboxylic acids is 3. The van der Waals surface area contributed by atoms with Crippen LogP contribution in [-0.4, -0.2) is 96.0 Å². The zero-order valence-electron chi connectivity index (χ0n) is 19.6. The lowest BCUT2D eigenvalue weighted by Crippen LogP contribution is -2.43. The number of carbonyl (C=O) groups is 3. The van der Waals surface area contributed by atoms with E-state index < -0.39 is 0 Å². The standard InChI is InChI=1S/C24H34N6O4/c31-21-16-30(22(32)17-3-11-34-12-4-17)15-19-13-18(14-20(19)27-21)23(33)28-7-2-8-29(10-9-28)24-25-5-1-6-26-24/h1,5-6,17-20H,2-4,7-16H2,(H,27,31)/t18-,19+,20+/m0/s1. The van der Waals surface area contributed by atoms with Crippen molar-refractivity contribution < 1.29 is 19.1 Å². The number of amides is 3. The van der Waals surface area contributed by atoms with E-state index in [4.69, 9.17) is 4.74 Å². The van der Waals surface area contributed by atoms with Crippen molar-refractivity contribution in [3.8, 4) is 0 Å². The van der Waals surface area contributed by atoms with Crippen LogP contribution in [-0.2, 0) is 19.1 Å². The first-order chi connectivity index (χ1) is 16.6. The van der Waals surface area contributed by atoms with Crippen LogP contribution >= 0.6 is 0 Å². The van der Waals surface area contributed by atoms with Gasteiger partial charge in [-0.1, -0.05) is 0 Å². The predicted molar refractivity (Wildman–Crippen MR) is 124 cm³/mol. The third-order valence-corrected chi connectivity index (χ3v) is 7.70. The highest BCUT2D eigenvalue weighted by Crippen LogP contribution is 2.35. The lowest BCUT2D eigenvalue weighted by atomic mass is 9.97. The molecule has 10 nitrogen and oxygen atoms in total. The van der Waals surface area contributed by atoms with Crippen LogP contribution in [0.5, 0.6) is 0 Å². The van der Waals surface area contributed by atoms with E-state index in [1.54, 1.807) is 23.4 Å². The smallest absolute Gasteiger partial charge is 0.239 e. The number of ether oxygens (including phenoxy) is 1. The van der Waals surface area contributed by atoms with Gasteiger partial charge in [-0.25, -0.2) is 9.97 Å². The Hall–Kier alpha value is -2.75. The molecule has 3 atom stereocenters. The minimum atomic E-state index is -0.118. The Kier molecular flexibility index (Phi) is 6.94. The molecule has 4 fully saturated rings. The molecule has 3 aliphatic heterocycles. The Labute approximate surface area is 200 Å². The zero-order chi connectivity index (χ0) is 23.5. The molecule has 4 heterocycles. The SMILES string of the molecule is O=C1CN(C(=O)C2CCOCC2)C[C@H]2C[C@H](C(=O)N3CCCN(c4ncccn4)CC3)C[C@H]2N1. The molecule has 0 unspecified atom stereocenters. The van der Waals surface area contributed by atoms with Crippen LogP contribution in [0.4, 0.5) is 5.95 Å². The Morgan fingerprint density at radius 2 is 1.71 bits per heavy atom. The van der Waals surface area contributed by atoms with Gasteiger partial charge in [0.1, 0.15) is 0 Å². The van der Waals surface area contributed by atoms with Gasteiger partial charge in [0.2, 0.25) is 23.7 Å². The summed E-state index contributed by atoms with van der Waals surface area (Å²) < 4.78 is 5.39. The molecular weight excluding hydrogens is 436 g/mol. The monoisotopic (exact) mass is 470 g/mol. The van der Waals surface area contributed by atoms with Crippen LogP contribution in [0.2, 0.25) is 0 Å². The molecular formula is C24H34N6O4. The summed E-state index contributed by atoms with van der Waals surface area (Å²) in [5.74, 6) is 0.750. The maximum absolute atomic E-state index is 13.4. The van der Waals surface area contributed by atoms with Crippen molar-refractivity contribution in [2.24, 2.45) is 17.8 Å². The van der Waals surface area contributed by atoms with Crippen molar-refractivity contribution in [2.75, 3.05) is 57.4 Å². The Morgan fingerprint density at radius 3 is 2.50 bits per heavy atom. The van der Waals surface area contributed by atoms with E-state index in [1.807, 2.05) is 4.90 Å². The Morgan fingerprint density at radius 1 is 0.941 bits per heavy atom. The lowest BCUT2D eigenvalue weighted by Gasteiger charge is -2.29. The lowest BCUT2D eigenvalue weighted by molar-refractivity contribution is -0.141. The van der Waals surface area contributed by atoms with E-state index in [-0.39, 0.29) is 48.1 Å². The summed E-state index contributed by atoms with van der Waals surface area (Å²) in [7, 11) is 0. The second-order valence-electron chi connectivity index (χ2n) is 9.92. The minimum Gasteiger partial charge on any atom is -0.381 e. The van der Waals surface area contributed by atoms with E-state index in [0.29, 0.717) is 71.0 Å². The summed E-state index contributed by atoms with van der Waals surface area (Å²) in [6, 6.07) is 1.76.